The summed E-state index contributed by atoms with van der Waals surface area (Å²) < 4.78 is 0. The van der Waals surface area contributed by atoms with Crippen LogP contribution in [0.15, 0.2) is 12.1 Å². The van der Waals surface area contributed by atoms with Crippen LogP contribution in [0.4, 0.5) is 5.82 Å². The van der Waals surface area contributed by atoms with Crippen LogP contribution < -0.4 is 4.90 Å². The van der Waals surface area contributed by atoms with Gasteiger partial charge in [0.05, 0.1) is 13.2 Å². The lowest BCUT2D eigenvalue weighted by Crippen LogP contribution is -2.25. The van der Waals surface area contributed by atoms with Crippen LogP contribution in [-0.2, 0) is 6.61 Å². The zero-order chi connectivity index (χ0) is 12.0. The van der Waals surface area contributed by atoms with E-state index in [4.69, 9.17) is 11.5 Å². The van der Waals surface area contributed by atoms with Crippen LogP contribution >= 0.6 is 0 Å². The maximum absolute atomic E-state index is 9.14. The number of aliphatic hydroxyl groups excluding tert-OH is 1. The molecule has 0 radical (unpaired) electrons. The average Bonchev–Trinajstić information content (AvgIpc) is 2.28. The summed E-state index contributed by atoms with van der Waals surface area (Å²) in [6, 6.07) is 3.77. The summed E-state index contributed by atoms with van der Waals surface area (Å²) in [7, 11) is 0. The molecule has 1 aromatic rings. The number of pyridine rings is 1. The highest BCUT2D eigenvalue weighted by molar-refractivity contribution is 5.43. The van der Waals surface area contributed by atoms with Gasteiger partial charge in [0.25, 0.3) is 0 Å². The summed E-state index contributed by atoms with van der Waals surface area (Å²) >= 11 is 0. The van der Waals surface area contributed by atoms with Gasteiger partial charge in [0.2, 0.25) is 0 Å². The summed E-state index contributed by atoms with van der Waals surface area (Å²) in [5.41, 5.74) is 1.78. The van der Waals surface area contributed by atoms with Gasteiger partial charge in [0.1, 0.15) is 5.82 Å². The van der Waals surface area contributed by atoms with E-state index < -0.39 is 0 Å². The average molecular weight is 218 g/mol. The summed E-state index contributed by atoms with van der Waals surface area (Å²) in [5.74, 6) is 3.48. The normalized spacial score (nSPS) is 9.88. The highest BCUT2D eigenvalue weighted by atomic mass is 16.3. The summed E-state index contributed by atoms with van der Waals surface area (Å²) in [4.78, 5) is 6.49. The van der Waals surface area contributed by atoms with E-state index in [9.17, 15) is 0 Å². The van der Waals surface area contributed by atoms with Gasteiger partial charge in [-0.25, -0.2) is 4.98 Å². The first-order valence-electron chi connectivity index (χ1n) is 5.48. The minimum Gasteiger partial charge on any atom is -0.392 e. The molecule has 0 spiro atoms. The second-order valence-electron chi connectivity index (χ2n) is 3.76. The SMILES string of the molecule is C#CCN(CCC)c1cc(CO)cc(C)n1. The zero-order valence-corrected chi connectivity index (χ0v) is 9.90. The largest absolute Gasteiger partial charge is 0.392 e. The second kappa shape index (κ2) is 6.14. The highest BCUT2D eigenvalue weighted by Gasteiger charge is 2.07. The molecule has 3 nitrogen and oxygen atoms in total. The molecule has 1 heterocycles. The molecule has 3 heteroatoms. The number of hydrogen-bond acceptors (Lipinski definition) is 3. The molecule has 0 aliphatic rings. The fourth-order valence-electron chi connectivity index (χ4n) is 1.63. The Morgan fingerprint density at radius 2 is 2.25 bits per heavy atom. The van der Waals surface area contributed by atoms with Gasteiger partial charge in [-0.2, -0.15) is 0 Å². The van der Waals surface area contributed by atoms with Crippen LogP contribution in [0.3, 0.4) is 0 Å². The van der Waals surface area contributed by atoms with Crippen molar-refractivity contribution in [2.75, 3.05) is 18.0 Å². The van der Waals surface area contributed by atoms with Gasteiger partial charge in [-0.1, -0.05) is 12.8 Å². The molecular formula is C13H18N2O. The topological polar surface area (TPSA) is 36.4 Å². The van der Waals surface area contributed by atoms with Gasteiger partial charge >= 0.3 is 0 Å². The summed E-state index contributed by atoms with van der Waals surface area (Å²) in [6.07, 6.45) is 6.36. The van der Waals surface area contributed by atoms with E-state index in [1.807, 2.05) is 24.0 Å². The molecule has 0 saturated carbocycles. The quantitative estimate of drug-likeness (QED) is 0.765. The van der Waals surface area contributed by atoms with E-state index in [0.717, 1.165) is 30.0 Å². The molecule has 16 heavy (non-hydrogen) atoms. The number of rotatable bonds is 5. The van der Waals surface area contributed by atoms with Gasteiger partial charge < -0.3 is 10.0 Å². The molecule has 86 valence electrons. The lowest BCUT2D eigenvalue weighted by atomic mass is 10.2. The number of terminal acetylenes is 1. The van der Waals surface area contributed by atoms with Crippen LogP contribution in [0.25, 0.3) is 0 Å². The first-order chi connectivity index (χ1) is 7.71. The molecule has 1 N–H and O–H groups in total. The Bertz CT molecular complexity index is 382. The minimum atomic E-state index is 0.0341. The highest BCUT2D eigenvalue weighted by Crippen LogP contribution is 2.15. The Kier molecular flexibility index (Phi) is 4.81. The van der Waals surface area contributed by atoms with Gasteiger partial charge in [0.15, 0.2) is 0 Å². The fourth-order valence-corrected chi connectivity index (χ4v) is 1.63. The Balaban J connectivity index is 2.99. The van der Waals surface area contributed by atoms with E-state index >= 15 is 0 Å². The van der Waals surface area contributed by atoms with Crippen LogP contribution in [0.5, 0.6) is 0 Å². The molecule has 0 aliphatic carbocycles. The van der Waals surface area contributed by atoms with Gasteiger partial charge in [0, 0.05) is 12.2 Å². The first kappa shape index (κ1) is 12.5. The Morgan fingerprint density at radius 3 is 2.81 bits per heavy atom. The Labute approximate surface area is 97.1 Å². The van der Waals surface area contributed by atoms with Crippen molar-refractivity contribution in [1.82, 2.24) is 4.98 Å². The molecule has 0 bridgehead atoms. The zero-order valence-electron chi connectivity index (χ0n) is 9.90. The lowest BCUT2D eigenvalue weighted by molar-refractivity contribution is 0.281. The monoisotopic (exact) mass is 218 g/mol. The minimum absolute atomic E-state index is 0.0341. The van der Waals surface area contributed by atoms with Crippen LogP contribution in [0.1, 0.15) is 24.6 Å². The van der Waals surface area contributed by atoms with Crippen molar-refractivity contribution in [2.24, 2.45) is 0 Å². The smallest absolute Gasteiger partial charge is 0.129 e. The van der Waals surface area contributed by atoms with Crippen molar-refractivity contribution < 1.29 is 5.11 Å². The molecule has 1 rings (SSSR count). The molecule has 0 atom stereocenters. The number of nitrogens with zero attached hydrogens (tertiary/aromatic N) is 2. The predicted molar refractivity (Wildman–Crippen MR) is 66.2 cm³/mol. The number of aryl methyl sites for hydroxylation is 1. The van der Waals surface area contributed by atoms with E-state index in [2.05, 4.69) is 17.8 Å². The van der Waals surface area contributed by atoms with E-state index in [0.29, 0.717) is 6.54 Å². The second-order valence-corrected chi connectivity index (χ2v) is 3.76. The van der Waals surface area contributed by atoms with Gasteiger partial charge in [-0.05, 0) is 31.0 Å². The van der Waals surface area contributed by atoms with Crippen molar-refractivity contribution in [1.29, 1.82) is 0 Å². The van der Waals surface area contributed by atoms with Crippen LogP contribution in [0, 0.1) is 19.3 Å². The lowest BCUT2D eigenvalue weighted by Gasteiger charge is -2.21. The van der Waals surface area contributed by atoms with Crippen molar-refractivity contribution in [3.63, 3.8) is 0 Å². The molecule has 1 aromatic heterocycles. The standard InChI is InChI=1S/C13H18N2O/c1-4-6-15(7-5-2)13-9-12(10-16)8-11(3)14-13/h1,8-9,16H,5-7,10H2,2-3H3. The third-order valence-electron chi connectivity index (χ3n) is 2.28. The van der Waals surface area contributed by atoms with E-state index in [1.54, 1.807) is 0 Å². The molecule has 0 aromatic carbocycles. The third kappa shape index (κ3) is 3.25. The third-order valence-corrected chi connectivity index (χ3v) is 2.28. The van der Waals surface area contributed by atoms with E-state index in [1.165, 1.54) is 0 Å². The predicted octanol–water partition coefficient (Wildman–Crippen LogP) is 1.73. The molecule has 0 fully saturated rings. The summed E-state index contributed by atoms with van der Waals surface area (Å²) in [6.45, 7) is 5.49. The molecule has 0 amide bonds. The molecule has 0 saturated heterocycles. The van der Waals surface area contributed by atoms with Crippen LogP contribution in [-0.4, -0.2) is 23.2 Å². The number of aromatic nitrogens is 1. The molecule has 0 unspecified atom stereocenters. The molecular weight excluding hydrogens is 200 g/mol. The maximum atomic E-state index is 9.14. The van der Waals surface area contributed by atoms with Crippen molar-refractivity contribution in [2.45, 2.75) is 26.9 Å². The van der Waals surface area contributed by atoms with Gasteiger partial charge in [-0.15, -0.1) is 6.42 Å². The number of anilines is 1. The Morgan fingerprint density at radius 1 is 1.50 bits per heavy atom. The Hall–Kier alpha value is -1.53. The molecule has 0 aliphatic heterocycles. The van der Waals surface area contributed by atoms with Crippen molar-refractivity contribution >= 4 is 5.82 Å². The van der Waals surface area contributed by atoms with E-state index in [-0.39, 0.29) is 6.61 Å². The van der Waals surface area contributed by atoms with Crippen LogP contribution in [0.2, 0.25) is 0 Å². The van der Waals surface area contributed by atoms with Crippen molar-refractivity contribution in [3.05, 3.63) is 23.4 Å². The number of aliphatic hydroxyl groups is 1. The number of hydrogen-bond donors (Lipinski definition) is 1. The van der Waals surface area contributed by atoms with Gasteiger partial charge in [-0.3, -0.25) is 0 Å². The van der Waals surface area contributed by atoms with Crippen molar-refractivity contribution in [3.8, 4) is 12.3 Å². The maximum Gasteiger partial charge on any atom is 0.129 e. The summed E-state index contributed by atoms with van der Waals surface area (Å²) in [5, 5.41) is 9.14. The first-order valence-corrected chi connectivity index (χ1v) is 5.48. The fraction of sp³-hybridized carbons (Fsp3) is 0.462.